The fraction of sp³-hybridized carbons (Fsp3) is 0.438. The Balaban J connectivity index is 2.08. The third kappa shape index (κ3) is 3.60. The number of nitrogens with zero attached hydrogens (tertiary/aromatic N) is 2. The van der Waals surface area contributed by atoms with Crippen LogP contribution in [0.15, 0.2) is 42.7 Å². The highest BCUT2D eigenvalue weighted by Gasteiger charge is 2.11. The quantitative estimate of drug-likeness (QED) is 0.803. The zero-order chi connectivity index (χ0) is 13.5. The highest BCUT2D eigenvalue weighted by molar-refractivity contribution is 5.33. The van der Waals surface area contributed by atoms with Crippen molar-refractivity contribution in [1.29, 1.82) is 0 Å². The Morgan fingerprint density at radius 1 is 1.21 bits per heavy atom. The lowest BCUT2D eigenvalue weighted by Crippen LogP contribution is -2.14. The summed E-state index contributed by atoms with van der Waals surface area (Å²) in [4.78, 5) is 4.43. The van der Waals surface area contributed by atoms with E-state index >= 15 is 0 Å². The molecule has 1 unspecified atom stereocenters. The number of nitrogens with one attached hydrogen (secondary N) is 1. The van der Waals surface area contributed by atoms with Crippen LogP contribution in [-0.4, -0.2) is 9.55 Å². The molecule has 1 atom stereocenters. The molecule has 0 saturated carbocycles. The highest BCUT2D eigenvalue weighted by Crippen LogP contribution is 2.21. The van der Waals surface area contributed by atoms with Crippen molar-refractivity contribution in [3.05, 3.63) is 48.3 Å². The molecule has 0 bridgehead atoms. The second-order valence-electron chi connectivity index (χ2n) is 4.81. The van der Waals surface area contributed by atoms with Crippen molar-refractivity contribution in [2.75, 3.05) is 5.32 Å². The van der Waals surface area contributed by atoms with E-state index in [1.165, 1.54) is 18.4 Å². The van der Waals surface area contributed by atoms with E-state index in [2.05, 4.69) is 65.2 Å². The van der Waals surface area contributed by atoms with Gasteiger partial charge in [0.15, 0.2) is 0 Å². The van der Waals surface area contributed by atoms with Gasteiger partial charge in [-0.1, -0.05) is 50.6 Å². The van der Waals surface area contributed by atoms with Gasteiger partial charge in [-0.2, -0.15) is 0 Å². The number of aryl methyl sites for hydroxylation is 1. The number of anilines is 1. The number of hydrogen-bond donors (Lipinski definition) is 1. The van der Waals surface area contributed by atoms with Crippen LogP contribution >= 0.6 is 0 Å². The summed E-state index contributed by atoms with van der Waals surface area (Å²) >= 11 is 0. The second-order valence-corrected chi connectivity index (χ2v) is 4.81. The molecule has 1 aromatic carbocycles. The Morgan fingerprint density at radius 3 is 2.68 bits per heavy atom. The molecule has 0 aliphatic rings. The van der Waals surface area contributed by atoms with Crippen molar-refractivity contribution in [3.63, 3.8) is 0 Å². The fourth-order valence-electron chi connectivity index (χ4n) is 2.22. The fourth-order valence-corrected chi connectivity index (χ4v) is 2.22. The van der Waals surface area contributed by atoms with Crippen LogP contribution in [0.5, 0.6) is 0 Å². The molecule has 1 aromatic heterocycles. The predicted molar refractivity (Wildman–Crippen MR) is 80.2 cm³/mol. The monoisotopic (exact) mass is 257 g/mol. The van der Waals surface area contributed by atoms with Gasteiger partial charge in [-0.05, 0) is 18.4 Å². The van der Waals surface area contributed by atoms with Crippen LogP contribution in [0.4, 0.5) is 5.95 Å². The molecule has 1 heterocycles. The van der Waals surface area contributed by atoms with Crippen LogP contribution in [-0.2, 0) is 6.54 Å². The first-order valence-electron chi connectivity index (χ1n) is 7.17. The average molecular weight is 257 g/mol. The van der Waals surface area contributed by atoms with Gasteiger partial charge < -0.3 is 9.88 Å². The molecule has 0 radical (unpaired) electrons. The Morgan fingerprint density at radius 2 is 2.00 bits per heavy atom. The largest absolute Gasteiger partial charge is 0.349 e. The van der Waals surface area contributed by atoms with E-state index in [0.29, 0.717) is 6.04 Å². The first kappa shape index (κ1) is 13.7. The van der Waals surface area contributed by atoms with Crippen molar-refractivity contribution in [2.24, 2.45) is 0 Å². The summed E-state index contributed by atoms with van der Waals surface area (Å²) in [7, 11) is 0. The number of aromatic nitrogens is 2. The number of benzene rings is 1. The maximum absolute atomic E-state index is 4.43. The van der Waals surface area contributed by atoms with Gasteiger partial charge in [0.2, 0.25) is 5.95 Å². The first-order chi connectivity index (χ1) is 9.35. The van der Waals surface area contributed by atoms with Crippen LogP contribution in [0.25, 0.3) is 0 Å². The summed E-state index contributed by atoms with van der Waals surface area (Å²) in [5.41, 5.74) is 1.31. The number of hydrogen-bond acceptors (Lipinski definition) is 2. The van der Waals surface area contributed by atoms with Crippen LogP contribution < -0.4 is 5.32 Å². The Labute approximate surface area is 115 Å². The normalized spacial score (nSPS) is 12.3. The van der Waals surface area contributed by atoms with E-state index in [9.17, 15) is 0 Å². The summed E-state index contributed by atoms with van der Waals surface area (Å²) in [5.74, 6) is 0.976. The molecule has 19 heavy (non-hydrogen) atoms. The van der Waals surface area contributed by atoms with Crippen molar-refractivity contribution < 1.29 is 0 Å². The molecule has 0 aliphatic carbocycles. The van der Waals surface area contributed by atoms with Gasteiger partial charge >= 0.3 is 0 Å². The van der Waals surface area contributed by atoms with E-state index in [1.807, 2.05) is 6.20 Å². The Bertz CT molecular complexity index is 476. The molecule has 0 amide bonds. The number of unbranched alkanes of at least 4 members (excludes halogenated alkanes) is 1. The minimum Gasteiger partial charge on any atom is -0.349 e. The minimum atomic E-state index is 0.323. The molecular weight excluding hydrogens is 234 g/mol. The zero-order valence-corrected chi connectivity index (χ0v) is 11.8. The van der Waals surface area contributed by atoms with Gasteiger partial charge in [-0.15, -0.1) is 0 Å². The molecule has 0 aliphatic heterocycles. The molecule has 102 valence electrons. The van der Waals surface area contributed by atoms with Gasteiger partial charge in [0.1, 0.15) is 0 Å². The molecule has 2 rings (SSSR count). The third-order valence-corrected chi connectivity index (χ3v) is 3.38. The van der Waals surface area contributed by atoms with Crippen LogP contribution in [0.3, 0.4) is 0 Å². The van der Waals surface area contributed by atoms with E-state index in [4.69, 9.17) is 0 Å². The lowest BCUT2D eigenvalue weighted by molar-refractivity contribution is 0.625. The molecule has 2 aromatic rings. The maximum atomic E-state index is 4.43. The van der Waals surface area contributed by atoms with Gasteiger partial charge in [0.05, 0.1) is 6.04 Å². The number of rotatable bonds is 7. The first-order valence-corrected chi connectivity index (χ1v) is 7.17. The van der Waals surface area contributed by atoms with E-state index in [1.54, 1.807) is 0 Å². The summed E-state index contributed by atoms with van der Waals surface area (Å²) < 4.78 is 2.20. The molecule has 3 heteroatoms. The van der Waals surface area contributed by atoms with E-state index in [-0.39, 0.29) is 0 Å². The zero-order valence-electron chi connectivity index (χ0n) is 11.8. The molecule has 0 fully saturated rings. The summed E-state index contributed by atoms with van der Waals surface area (Å²) in [6.45, 7) is 5.44. The van der Waals surface area contributed by atoms with E-state index < -0.39 is 0 Å². The van der Waals surface area contributed by atoms with Crippen molar-refractivity contribution in [2.45, 2.75) is 45.7 Å². The van der Waals surface area contributed by atoms with Crippen molar-refractivity contribution in [3.8, 4) is 0 Å². The van der Waals surface area contributed by atoms with Crippen molar-refractivity contribution >= 4 is 5.95 Å². The standard InChI is InChI=1S/C16H23N3/c1-3-5-12-19-13-11-17-16(19)18-15(4-2)14-9-7-6-8-10-14/h6-11,13,15H,3-5,12H2,1-2H3,(H,17,18). The molecule has 0 spiro atoms. The van der Waals surface area contributed by atoms with Crippen LogP contribution in [0.1, 0.15) is 44.7 Å². The molecule has 3 nitrogen and oxygen atoms in total. The second kappa shape index (κ2) is 6.98. The SMILES string of the molecule is CCCCn1ccnc1NC(CC)c1ccccc1. The van der Waals surface area contributed by atoms with E-state index in [0.717, 1.165) is 18.9 Å². The molecule has 0 saturated heterocycles. The Kier molecular flexibility index (Phi) is 5.01. The Hall–Kier alpha value is -1.77. The number of imidazole rings is 1. The van der Waals surface area contributed by atoms with Gasteiger partial charge in [-0.3, -0.25) is 0 Å². The predicted octanol–water partition coefficient (Wildman–Crippen LogP) is 4.25. The molecule has 1 N–H and O–H groups in total. The average Bonchev–Trinajstić information content (AvgIpc) is 2.90. The lowest BCUT2D eigenvalue weighted by atomic mass is 10.1. The maximum Gasteiger partial charge on any atom is 0.203 e. The summed E-state index contributed by atoms with van der Waals surface area (Å²) in [5, 5.41) is 3.55. The van der Waals surface area contributed by atoms with Crippen molar-refractivity contribution in [1.82, 2.24) is 9.55 Å². The summed E-state index contributed by atoms with van der Waals surface area (Å²) in [6.07, 6.45) is 7.36. The van der Waals surface area contributed by atoms with Gasteiger partial charge in [-0.25, -0.2) is 4.98 Å². The third-order valence-electron chi connectivity index (χ3n) is 3.38. The lowest BCUT2D eigenvalue weighted by Gasteiger charge is -2.19. The van der Waals surface area contributed by atoms with Gasteiger partial charge in [0.25, 0.3) is 0 Å². The van der Waals surface area contributed by atoms with Crippen LogP contribution in [0.2, 0.25) is 0 Å². The highest BCUT2D eigenvalue weighted by atomic mass is 15.2. The minimum absolute atomic E-state index is 0.323. The molecular formula is C16H23N3. The topological polar surface area (TPSA) is 29.9 Å². The van der Waals surface area contributed by atoms with Crippen LogP contribution in [0, 0.1) is 0 Å². The van der Waals surface area contributed by atoms with Gasteiger partial charge in [0, 0.05) is 18.9 Å². The smallest absolute Gasteiger partial charge is 0.203 e. The summed E-state index contributed by atoms with van der Waals surface area (Å²) in [6, 6.07) is 10.9.